The van der Waals surface area contributed by atoms with Gasteiger partial charge in [-0.15, -0.1) is 0 Å². The van der Waals surface area contributed by atoms with Crippen molar-refractivity contribution in [1.29, 1.82) is 0 Å². The van der Waals surface area contributed by atoms with Gasteiger partial charge in [0.05, 0.1) is 30.7 Å². The Morgan fingerprint density at radius 1 is 1.00 bits per heavy atom. The number of nitrogens with one attached hydrogen (secondary N) is 1. The first kappa shape index (κ1) is 31.9. The molecule has 0 radical (unpaired) electrons. The summed E-state index contributed by atoms with van der Waals surface area (Å²) < 4.78 is 103. The Kier molecular flexibility index (Phi) is 11.5. The van der Waals surface area contributed by atoms with Gasteiger partial charge in [-0.1, -0.05) is 30.3 Å². The second-order valence-electron chi connectivity index (χ2n) is 8.59. The molecule has 2 aromatic carbocycles. The van der Waals surface area contributed by atoms with Crippen molar-refractivity contribution in [3.05, 3.63) is 65.2 Å². The van der Waals surface area contributed by atoms with Crippen molar-refractivity contribution in [3.8, 4) is 5.75 Å². The number of nitrogens with zero attached hydrogens (tertiary/aromatic N) is 1. The first-order chi connectivity index (χ1) is 17.5. The van der Waals surface area contributed by atoms with E-state index >= 15 is 0 Å². The first-order valence-corrected chi connectivity index (χ1v) is 15.0. The molecule has 1 fully saturated rings. The standard InChI is InChI=1S/C21H23F3N2O2.2CH4O3S/c22-21(23,24)16-5-3-4-15(12-16)13-27-19-14-28-18-7-2-1-6-17(18)20(19)26-10-8-25-9-11-26;2*1-5(2,3)4/h1-7,12,19-20,25H,8-11,13-14H2;2*1H3,(H,2,3,4)/t19-,20-;;/m1../s1. The number of piperazine rings is 1. The largest absolute Gasteiger partial charge is 0.490 e. The summed E-state index contributed by atoms with van der Waals surface area (Å²) >= 11 is 0. The average molecular weight is 585 g/mol. The van der Waals surface area contributed by atoms with Crippen molar-refractivity contribution in [2.45, 2.75) is 24.9 Å². The van der Waals surface area contributed by atoms with E-state index < -0.39 is 32.0 Å². The number of ether oxygens (including phenoxy) is 2. The number of alkyl halides is 3. The number of para-hydroxylation sites is 1. The normalized spacial score (nSPS) is 20.1. The highest BCUT2D eigenvalue weighted by molar-refractivity contribution is 7.85. The smallest absolute Gasteiger partial charge is 0.416 e. The maximum atomic E-state index is 13.0. The van der Waals surface area contributed by atoms with Crippen LogP contribution in [-0.2, 0) is 37.8 Å². The molecule has 2 atom stereocenters. The van der Waals surface area contributed by atoms with E-state index in [1.807, 2.05) is 24.3 Å². The second kappa shape index (κ2) is 13.7. The molecular weight excluding hydrogens is 553 g/mol. The summed E-state index contributed by atoms with van der Waals surface area (Å²) in [7, 11) is -7.33. The number of rotatable bonds is 4. The minimum atomic E-state index is -4.35. The lowest BCUT2D eigenvalue weighted by Crippen LogP contribution is -2.51. The van der Waals surface area contributed by atoms with Gasteiger partial charge in [-0.3, -0.25) is 14.0 Å². The molecule has 10 nitrogen and oxygen atoms in total. The van der Waals surface area contributed by atoms with Crippen LogP contribution < -0.4 is 10.1 Å². The van der Waals surface area contributed by atoms with E-state index in [4.69, 9.17) is 18.6 Å². The number of hydrogen-bond acceptors (Lipinski definition) is 8. The van der Waals surface area contributed by atoms with E-state index in [-0.39, 0.29) is 18.8 Å². The van der Waals surface area contributed by atoms with Gasteiger partial charge in [0.1, 0.15) is 18.5 Å². The van der Waals surface area contributed by atoms with Gasteiger partial charge < -0.3 is 14.8 Å². The maximum Gasteiger partial charge on any atom is 0.416 e. The third-order valence-electron chi connectivity index (χ3n) is 5.26. The van der Waals surface area contributed by atoms with Crippen LogP contribution in [0.25, 0.3) is 0 Å². The van der Waals surface area contributed by atoms with E-state index in [2.05, 4.69) is 10.2 Å². The molecule has 0 amide bonds. The Labute approximate surface area is 220 Å². The molecule has 3 N–H and O–H groups in total. The van der Waals surface area contributed by atoms with Crippen molar-refractivity contribution in [2.75, 3.05) is 45.3 Å². The fourth-order valence-corrected chi connectivity index (χ4v) is 3.89. The topological polar surface area (TPSA) is 142 Å². The van der Waals surface area contributed by atoms with Gasteiger partial charge in [-0.2, -0.15) is 30.0 Å². The summed E-state index contributed by atoms with van der Waals surface area (Å²) in [6.45, 7) is 4.08. The van der Waals surface area contributed by atoms with Crippen molar-refractivity contribution >= 4 is 20.2 Å². The van der Waals surface area contributed by atoms with Crippen LogP contribution in [0.1, 0.15) is 22.7 Å². The summed E-state index contributed by atoms with van der Waals surface area (Å²) in [5.74, 6) is 0.852. The van der Waals surface area contributed by atoms with E-state index in [1.165, 1.54) is 6.07 Å². The zero-order chi connectivity index (χ0) is 28.6. The van der Waals surface area contributed by atoms with Crippen molar-refractivity contribution in [3.63, 3.8) is 0 Å². The van der Waals surface area contributed by atoms with E-state index in [1.54, 1.807) is 6.07 Å². The van der Waals surface area contributed by atoms with Crippen molar-refractivity contribution < 1.29 is 48.6 Å². The third kappa shape index (κ3) is 12.1. The van der Waals surface area contributed by atoms with Crippen LogP contribution in [-0.4, -0.2) is 82.2 Å². The highest BCUT2D eigenvalue weighted by Gasteiger charge is 2.36. The van der Waals surface area contributed by atoms with Gasteiger partial charge in [-0.25, -0.2) is 0 Å². The minimum absolute atomic E-state index is 0.0258. The summed E-state index contributed by atoms with van der Waals surface area (Å²) in [5, 5.41) is 3.35. The molecule has 2 aliphatic rings. The predicted molar refractivity (Wildman–Crippen MR) is 134 cm³/mol. The van der Waals surface area contributed by atoms with Crippen molar-refractivity contribution in [1.82, 2.24) is 10.2 Å². The van der Waals surface area contributed by atoms with Crippen LogP contribution in [0.3, 0.4) is 0 Å². The average Bonchev–Trinajstić information content (AvgIpc) is 2.80. The summed E-state index contributed by atoms with van der Waals surface area (Å²) in [6.07, 6.45) is -3.17. The van der Waals surface area contributed by atoms with Crippen LogP contribution in [0.2, 0.25) is 0 Å². The van der Waals surface area contributed by atoms with E-state index in [9.17, 15) is 30.0 Å². The summed E-state index contributed by atoms with van der Waals surface area (Å²) in [5.41, 5.74) is 0.926. The zero-order valence-electron chi connectivity index (χ0n) is 20.8. The monoisotopic (exact) mass is 584 g/mol. The van der Waals surface area contributed by atoms with E-state index in [0.717, 1.165) is 49.6 Å². The van der Waals surface area contributed by atoms with Gasteiger partial charge in [0, 0.05) is 31.7 Å². The van der Waals surface area contributed by atoms with Crippen molar-refractivity contribution in [2.24, 2.45) is 0 Å². The molecular formula is C23H31F3N2O8S2. The molecule has 0 spiro atoms. The van der Waals surface area contributed by atoms with Crippen LogP contribution in [0, 0.1) is 0 Å². The van der Waals surface area contributed by atoms with Gasteiger partial charge >= 0.3 is 6.18 Å². The molecule has 2 aromatic rings. The maximum absolute atomic E-state index is 13.0. The Morgan fingerprint density at radius 2 is 1.58 bits per heavy atom. The lowest BCUT2D eigenvalue weighted by atomic mass is 9.95. The third-order valence-corrected chi connectivity index (χ3v) is 5.26. The molecule has 1 saturated heterocycles. The zero-order valence-corrected chi connectivity index (χ0v) is 22.4. The number of benzene rings is 2. The first-order valence-electron chi connectivity index (χ1n) is 11.3. The Balaban J connectivity index is 0.000000435. The molecule has 0 aromatic heterocycles. The lowest BCUT2D eigenvalue weighted by Gasteiger charge is -2.42. The Hall–Kier alpha value is -2.27. The lowest BCUT2D eigenvalue weighted by molar-refractivity contribution is -0.137. The Bertz CT molecular complexity index is 1210. The summed E-state index contributed by atoms with van der Waals surface area (Å²) in [6, 6.07) is 13.2. The molecule has 4 rings (SSSR count). The van der Waals surface area contributed by atoms with Crippen LogP contribution in [0.5, 0.6) is 5.75 Å². The summed E-state index contributed by atoms with van der Waals surface area (Å²) in [4.78, 5) is 2.37. The molecule has 0 saturated carbocycles. The highest BCUT2D eigenvalue weighted by atomic mass is 32.2. The molecule has 0 aliphatic carbocycles. The molecule has 0 unspecified atom stereocenters. The molecule has 0 bridgehead atoms. The molecule has 15 heteroatoms. The second-order valence-corrected chi connectivity index (χ2v) is 11.5. The van der Waals surface area contributed by atoms with Crippen LogP contribution in [0.4, 0.5) is 13.2 Å². The molecule has 2 aliphatic heterocycles. The molecule has 214 valence electrons. The molecule has 2 heterocycles. The minimum Gasteiger partial charge on any atom is -0.490 e. The molecule has 38 heavy (non-hydrogen) atoms. The van der Waals surface area contributed by atoms with E-state index in [0.29, 0.717) is 24.7 Å². The quantitative estimate of drug-likeness (QED) is 0.459. The van der Waals surface area contributed by atoms with Gasteiger partial charge in [0.15, 0.2) is 0 Å². The Morgan fingerprint density at radius 3 is 2.16 bits per heavy atom. The number of halogens is 3. The van der Waals surface area contributed by atoms with Crippen LogP contribution >= 0.6 is 0 Å². The number of fused-ring (bicyclic) bond motifs is 1. The van der Waals surface area contributed by atoms with Gasteiger partial charge in [0.2, 0.25) is 0 Å². The van der Waals surface area contributed by atoms with Gasteiger partial charge in [0.25, 0.3) is 20.2 Å². The van der Waals surface area contributed by atoms with Gasteiger partial charge in [-0.05, 0) is 23.8 Å². The SMILES string of the molecule is CS(=O)(=O)O.CS(=O)(=O)O.FC(F)(F)c1cccc(CO[C@@H]2COc3ccccc3[C@H]2N2CCNCC2)c1. The predicted octanol–water partition coefficient (Wildman–Crippen LogP) is 2.64. The fraction of sp³-hybridized carbons (Fsp3) is 0.478. The fourth-order valence-electron chi connectivity index (χ4n) is 3.89. The van der Waals surface area contributed by atoms with Crippen LogP contribution in [0.15, 0.2) is 48.5 Å². The highest BCUT2D eigenvalue weighted by Crippen LogP contribution is 2.38. The number of hydrogen-bond donors (Lipinski definition) is 3.